The molecule has 1 heterocycles. The van der Waals surface area contributed by atoms with Crippen molar-refractivity contribution < 1.29 is 23.7 Å². The number of carbonyl (C=O) groups excluding carboxylic acids is 1. The third-order valence-corrected chi connectivity index (χ3v) is 7.32. The number of unbranched alkanes of at least 4 members (excludes halogenated alkanes) is 1. The molecule has 1 aromatic heterocycles. The summed E-state index contributed by atoms with van der Waals surface area (Å²) < 4.78 is 26.0. The van der Waals surface area contributed by atoms with Gasteiger partial charge < -0.3 is 28.4 Å². The number of rotatable bonds is 16. The Hall–Kier alpha value is -3.68. The molecule has 224 valence electrons. The molecule has 0 fully saturated rings. The maximum absolute atomic E-state index is 13.4. The minimum atomic E-state index is -0.440. The van der Waals surface area contributed by atoms with Gasteiger partial charge in [-0.25, -0.2) is 4.79 Å². The summed E-state index contributed by atoms with van der Waals surface area (Å²) in [5.74, 6) is 2.64. The highest BCUT2D eigenvalue weighted by molar-refractivity contribution is 6.30. The monoisotopic (exact) mass is 592 g/mol. The Labute approximate surface area is 253 Å². The van der Waals surface area contributed by atoms with Crippen molar-refractivity contribution in [3.63, 3.8) is 0 Å². The molecule has 0 N–H and O–H groups in total. The van der Waals surface area contributed by atoms with Crippen LogP contribution in [0.5, 0.6) is 28.9 Å². The molecule has 7 nitrogen and oxygen atoms in total. The van der Waals surface area contributed by atoms with E-state index in [1.54, 1.807) is 31.2 Å². The Kier molecular flexibility index (Phi) is 11.6. The van der Waals surface area contributed by atoms with Gasteiger partial charge in [-0.15, -0.1) is 0 Å². The SMILES string of the molecule is CCCCn1c(Oc2ccc(OCCCN(CC)CC)cc2)c(C(=O)OCC)c2cc(Oc3ccc(Cl)cc3)ccc21. The van der Waals surface area contributed by atoms with Crippen LogP contribution in [0, 0.1) is 0 Å². The van der Waals surface area contributed by atoms with Crippen LogP contribution in [-0.2, 0) is 11.3 Å². The average Bonchev–Trinajstić information content (AvgIpc) is 3.30. The zero-order valence-electron chi connectivity index (χ0n) is 25.0. The summed E-state index contributed by atoms with van der Waals surface area (Å²) in [6.07, 6.45) is 2.88. The normalized spacial score (nSPS) is 11.2. The Morgan fingerprint density at radius 2 is 1.45 bits per heavy atom. The summed E-state index contributed by atoms with van der Waals surface area (Å²) in [5.41, 5.74) is 1.25. The molecule has 0 unspecified atom stereocenters. The van der Waals surface area contributed by atoms with Crippen molar-refractivity contribution >= 4 is 28.5 Å². The van der Waals surface area contributed by atoms with E-state index >= 15 is 0 Å². The molecule has 0 saturated heterocycles. The van der Waals surface area contributed by atoms with E-state index in [0.29, 0.717) is 52.3 Å². The van der Waals surface area contributed by atoms with Crippen LogP contribution >= 0.6 is 11.6 Å². The maximum Gasteiger partial charge on any atom is 0.344 e. The van der Waals surface area contributed by atoms with Crippen molar-refractivity contribution in [2.45, 2.75) is 53.5 Å². The Morgan fingerprint density at radius 1 is 0.810 bits per heavy atom. The van der Waals surface area contributed by atoms with Gasteiger partial charge in [-0.3, -0.25) is 0 Å². The first kappa shape index (κ1) is 31.3. The summed E-state index contributed by atoms with van der Waals surface area (Å²) in [4.78, 5) is 15.7. The molecule has 8 heteroatoms. The number of hydrogen-bond donors (Lipinski definition) is 0. The molecule has 4 rings (SSSR count). The van der Waals surface area contributed by atoms with Gasteiger partial charge in [0.25, 0.3) is 0 Å². The Morgan fingerprint density at radius 3 is 2.12 bits per heavy atom. The lowest BCUT2D eigenvalue weighted by molar-refractivity contribution is 0.0525. The van der Waals surface area contributed by atoms with Gasteiger partial charge in [0.05, 0.1) is 18.7 Å². The maximum atomic E-state index is 13.4. The van der Waals surface area contributed by atoms with Crippen LogP contribution in [0.4, 0.5) is 0 Å². The molecule has 0 amide bonds. The number of esters is 1. The number of carbonyl (C=O) groups is 1. The van der Waals surface area contributed by atoms with Crippen molar-refractivity contribution in [2.75, 3.05) is 32.8 Å². The third-order valence-electron chi connectivity index (χ3n) is 7.07. The molecule has 0 bridgehead atoms. The molecule has 4 aromatic rings. The number of benzene rings is 3. The average molecular weight is 593 g/mol. The van der Waals surface area contributed by atoms with Crippen LogP contribution < -0.4 is 14.2 Å². The zero-order valence-corrected chi connectivity index (χ0v) is 25.8. The van der Waals surface area contributed by atoms with Gasteiger partial charge in [-0.2, -0.15) is 0 Å². The highest BCUT2D eigenvalue weighted by Gasteiger charge is 2.26. The number of hydrogen-bond acceptors (Lipinski definition) is 6. The lowest BCUT2D eigenvalue weighted by Gasteiger charge is -2.17. The zero-order chi connectivity index (χ0) is 29.9. The van der Waals surface area contributed by atoms with Gasteiger partial charge >= 0.3 is 5.97 Å². The molecule has 0 spiro atoms. The molecular formula is C34H41ClN2O5. The number of fused-ring (bicyclic) bond motifs is 1. The van der Waals surface area contributed by atoms with E-state index in [2.05, 4.69) is 30.2 Å². The van der Waals surface area contributed by atoms with Gasteiger partial charge in [0.2, 0.25) is 5.88 Å². The fourth-order valence-electron chi connectivity index (χ4n) is 4.79. The quantitative estimate of drug-likeness (QED) is 0.0955. The first-order chi connectivity index (χ1) is 20.5. The highest BCUT2D eigenvalue weighted by Crippen LogP contribution is 2.39. The fourth-order valence-corrected chi connectivity index (χ4v) is 4.92. The number of halogens is 1. The smallest absolute Gasteiger partial charge is 0.344 e. The van der Waals surface area contributed by atoms with Crippen molar-refractivity contribution in [3.8, 4) is 28.9 Å². The summed E-state index contributed by atoms with van der Waals surface area (Å²) >= 11 is 6.03. The molecule has 0 atom stereocenters. The first-order valence-corrected chi connectivity index (χ1v) is 15.2. The summed E-state index contributed by atoms with van der Waals surface area (Å²) in [6.45, 7) is 13.0. The topological polar surface area (TPSA) is 62.2 Å². The van der Waals surface area contributed by atoms with Crippen LogP contribution in [0.2, 0.25) is 5.02 Å². The van der Waals surface area contributed by atoms with E-state index in [1.165, 1.54) is 0 Å². The number of ether oxygens (including phenoxy) is 4. The summed E-state index contributed by atoms with van der Waals surface area (Å²) in [5, 5.41) is 1.34. The highest BCUT2D eigenvalue weighted by atomic mass is 35.5. The van der Waals surface area contributed by atoms with Crippen LogP contribution in [0.3, 0.4) is 0 Å². The third kappa shape index (κ3) is 7.99. The molecule has 0 saturated carbocycles. The van der Waals surface area contributed by atoms with Crippen molar-refractivity contribution in [3.05, 3.63) is 77.3 Å². The van der Waals surface area contributed by atoms with Gasteiger partial charge in [-0.05, 0) is 99.6 Å². The van der Waals surface area contributed by atoms with Crippen LogP contribution in [0.1, 0.15) is 57.3 Å². The van der Waals surface area contributed by atoms with Crippen LogP contribution in [0.15, 0.2) is 66.7 Å². The molecular weight excluding hydrogens is 552 g/mol. The van der Waals surface area contributed by atoms with E-state index in [1.807, 2.05) is 42.5 Å². The summed E-state index contributed by atoms with van der Waals surface area (Å²) in [7, 11) is 0. The largest absolute Gasteiger partial charge is 0.494 e. The van der Waals surface area contributed by atoms with Gasteiger partial charge in [0.15, 0.2) is 0 Å². The van der Waals surface area contributed by atoms with Crippen molar-refractivity contribution in [2.24, 2.45) is 0 Å². The van der Waals surface area contributed by atoms with Crippen LogP contribution in [-0.4, -0.2) is 48.3 Å². The number of nitrogens with zero attached hydrogens (tertiary/aromatic N) is 2. The Bertz CT molecular complexity index is 1430. The lowest BCUT2D eigenvalue weighted by atomic mass is 10.1. The fraction of sp³-hybridized carbons (Fsp3) is 0.382. The van der Waals surface area contributed by atoms with Crippen molar-refractivity contribution in [1.82, 2.24) is 9.47 Å². The molecule has 3 aromatic carbocycles. The minimum Gasteiger partial charge on any atom is -0.494 e. The van der Waals surface area contributed by atoms with Crippen LogP contribution in [0.25, 0.3) is 10.9 Å². The van der Waals surface area contributed by atoms with E-state index < -0.39 is 5.97 Å². The van der Waals surface area contributed by atoms with Gasteiger partial charge in [-0.1, -0.05) is 38.8 Å². The summed E-state index contributed by atoms with van der Waals surface area (Å²) in [6, 6.07) is 20.4. The second kappa shape index (κ2) is 15.5. The second-order valence-corrected chi connectivity index (χ2v) is 10.4. The number of aryl methyl sites for hydroxylation is 1. The molecule has 0 aliphatic rings. The van der Waals surface area contributed by atoms with E-state index in [9.17, 15) is 4.79 Å². The molecule has 0 aliphatic carbocycles. The minimum absolute atomic E-state index is 0.251. The van der Waals surface area contributed by atoms with Crippen molar-refractivity contribution in [1.29, 1.82) is 0 Å². The first-order valence-electron chi connectivity index (χ1n) is 14.9. The van der Waals surface area contributed by atoms with Gasteiger partial charge in [0.1, 0.15) is 28.6 Å². The van der Waals surface area contributed by atoms with E-state index in [4.69, 9.17) is 30.5 Å². The van der Waals surface area contributed by atoms with E-state index in [0.717, 1.165) is 50.2 Å². The molecule has 42 heavy (non-hydrogen) atoms. The predicted molar refractivity (Wildman–Crippen MR) is 169 cm³/mol. The molecule has 0 radical (unpaired) electrons. The van der Waals surface area contributed by atoms with E-state index in [-0.39, 0.29) is 6.61 Å². The predicted octanol–water partition coefficient (Wildman–Crippen LogP) is 8.97. The molecule has 0 aliphatic heterocycles. The Balaban J connectivity index is 1.63. The second-order valence-electron chi connectivity index (χ2n) is 9.94. The number of aromatic nitrogens is 1. The lowest BCUT2D eigenvalue weighted by Crippen LogP contribution is -2.25. The standard InChI is InChI=1S/C34H41ClN2O5/c1-5-9-22-37-31-20-19-29(41-27-13-11-25(35)12-14-27)24-30(31)32(34(38)39-8-4)33(37)42-28-17-15-26(16-18-28)40-23-10-21-36(6-2)7-3/h11-20,24H,5-10,21-23H2,1-4H3. The van der Waals surface area contributed by atoms with Gasteiger partial charge in [0, 0.05) is 23.5 Å².